The maximum atomic E-state index is 11.7. The molecule has 114 valence electrons. The van der Waals surface area contributed by atoms with E-state index in [0.717, 1.165) is 0 Å². The Bertz CT molecular complexity index is 542. The molecule has 0 fully saturated rings. The van der Waals surface area contributed by atoms with Gasteiger partial charge in [0, 0.05) is 0 Å². The molecule has 7 heteroatoms. The molecule has 21 heavy (non-hydrogen) atoms. The number of ether oxygens (including phenoxy) is 1. The molecule has 0 saturated heterocycles. The Morgan fingerprint density at radius 1 is 1.29 bits per heavy atom. The van der Waals surface area contributed by atoms with Crippen LogP contribution < -0.4 is 15.8 Å². The Morgan fingerprint density at radius 3 is 2.43 bits per heavy atom. The zero-order valence-electron chi connectivity index (χ0n) is 11.8. The number of nitrogens with two attached hydrogens (primary N) is 1. The van der Waals surface area contributed by atoms with Crippen LogP contribution in [-0.2, 0) is 9.59 Å². The normalized spacial score (nSPS) is 11.8. The number of nitrogens with one attached hydrogen (secondary N) is 1. The van der Waals surface area contributed by atoms with E-state index in [4.69, 9.17) is 15.6 Å². The number of carboxylic acids is 1. The van der Waals surface area contributed by atoms with Crippen LogP contribution in [0.4, 0.5) is 0 Å². The van der Waals surface area contributed by atoms with Gasteiger partial charge in [0.25, 0.3) is 11.8 Å². The third kappa shape index (κ3) is 4.79. The van der Waals surface area contributed by atoms with E-state index in [-0.39, 0.29) is 17.2 Å². The van der Waals surface area contributed by atoms with Gasteiger partial charge in [0.05, 0.1) is 5.56 Å². The first kappa shape index (κ1) is 16.5. The van der Waals surface area contributed by atoms with Crippen molar-refractivity contribution in [1.82, 2.24) is 5.32 Å². The molecule has 1 atom stereocenters. The summed E-state index contributed by atoms with van der Waals surface area (Å²) < 4.78 is 5.21. The minimum Gasteiger partial charge on any atom is -0.483 e. The lowest BCUT2D eigenvalue weighted by Gasteiger charge is -2.18. The van der Waals surface area contributed by atoms with E-state index in [9.17, 15) is 14.4 Å². The Hall–Kier alpha value is -2.57. The van der Waals surface area contributed by atoms with E-state index in [1.807, 2.05) is 0 Å². The summed E-state index contributed by atoms with van der Waals surface area (Å²) in [5, 5.41) is 11.3. The summed E-state index contributed by atoms with van der Waals surface area (Å²) in [4.78, 5) is 33.9. The first-order valence-corrected chi connectivity index (χ1v) is 6.36. The summed E-state index contributed by atoms with van der Waals surface area (Å²) in [7, 11) is 0. The minimum absolute atomic E-state index is 0.156. The van der Waals surface area contributed by atoms with E-state index >= 15 is 0 Å². The lowest BCUT2D eigenvalue weighted by Crippen LogP contribution is -2.46. The smallest absolute Gasteiger partial charge is 0.326 e. The highest BCUT2D eigenvalue weighted by Gasteiger charge is 2.23. The molecule has 0 radical (unpaired) electrons. The van der Waals surface area contributed by atoms with Gasteiger partial charge < -0.3 is 20.9 Å². The molecule has 0 saturated carbocycles. The van der Waals surface area contributed by atoms with E-state index in [2.05, 4.69) is 5.32 Å². The van der Waals surface area contributed by atoms with Gasteiger partial charge in [0.1, 0.15) is 11.8 Å². The van der Waals surface area contributed by atoms with Gasteiger partial charge >= 0.3 is 5.97 Å². The van der Waals surface area contributed by atoms with Crippen LogP contribution in [0.15, 0.2) is 24.3 Å². The second-order valence-electron chi connectivity index (χ2n) is 4.78. The van der Waals surface area contributed by atoms with Crippen LogP contribution in [0.2, 0.25) is 0 Å². The number of carbonyl (C=O) groups is 3. The van der Waals surface area contributed by atoms with Crippen molar-refractivity contribution < 1.29 is 24.2 Å². The Labute approximate surface area is 122 Å². The predicted molar refractivity (Wildman–Crippen MR) is 74.9 cm³/mol. The van der Waals surface area contributed by atoms with Crippen molar-refractivity contribution in [3.8, 4) is 5.75 Å². The van der Waals surface area contributed by atoms with Crippen LogP contribution in [0, 0.1) is 5.92 Å². The monoisotopic (exact) mass is 294 g/mol. The van der Waals surface area contributed by atoms with Crippen molar-refractivity contribution in [2.45, 2.75) is 19.9 Å². The number of carbonyl (C=O) groups excluding carboxylic acids is 2. The van der Waals surface area contributed by atoms with E-state index in [1.54, 1.807) is 26.0 Å². The number of carboxylic acid groups (broad SMARTS) is 1. The van der Waals surface area contributed by atoms with Gasteiger partial charge in [-0.2, -0.15) is 0 Å². The maximum absolute atomic E-state index is 11.7. The van der Waals surface area contributed by atoms with Crippen molar-refractivity contribution in [3.05, 3.63) is 29.8 Å². The SMILES string of the molecule is CC(C)[C@@H](NC(=O)COc1ccccc1C(N)=O)C(=O)O. The number of hydrogen-bond acceptors (Lipinski definition) is 4. The summed E-state index contributed by atoms with van der Waals surface area (Å²) in [6, 6.07) is 5.24. The molecule has 0 bridgehead atoms. The zero-order chi connectivity index (χ0) is 16.0. The number of hydrogen-bond donors (Lipinski definition) is 3. The highest BCUT2D eigenvalue weighted by atomic mass is 16.5. The fourth-order valence-corrected chi connectivity index (χ4v) is 1.67. The summed E-state index contributed by atoms with van der Waals surface area (Å²) in [6.07, 6.45) is 0. The van der Waals surface area contributed by atoms with Crippen molar-refractivity contribution in [2.75, 3.05) is 6.61 Å². The average molecular weight is 294 g/mol. The zero-order valence-corrected chi connectivity index (χ0v) is 11.8. The third-order valence-corrected chi connectivity index (χ3v) is 2.76. The highest BCUT2D eigenvalue weighted by molar-refractivity contribution is 5.95. The van der Waals surface area contributed by atoms with Gasteiger partial charge in [0.15, 0.2) is 6.61 Å². The molecule has 2 amide bonds. The number of aliphatic carboxylic acids is 1. The third-order valence-electron chi connectivity index (χ3n) is 2.76. The van der Waals surface area contributed by atoms with Gasteiger partial charge in [-0.3, -0.25) is 9.59 Å². The van der Waals surface area contributed by atoms with Crippen LogP contribution in [0.3, 0.4) is 0 Å². The molecule has 0 spiro atoms. The fraction of sp³-hybridized carbons (Fsp3) is 0.357. The Morgan fingerprint density at radius 2 is 1.90 bits per heavy atom. The molecule has 7 nitrogen and oxygen atoms in total. The van der Waals surface area contributed by atoms with E-state index in [1.165, 1.54) is 12.1 Å². The molecular formula is C14H18N2O5. The second-order valence-corrected chi connectivity index (χ2v) is 4.78. The van der Waals surface area contributed by atoms with Crippen LogP contribution in [0.5, 0.6) is 5.75 Å². The van der Waals surface area contributed by atoms with Crippen molar-refractivity contribution in [3.63, 3.8) is 0 Å². The quantitative estimate of drug-likeness (QED) is 0.672. The highest BCUT2D eigenvalue weighted by Crippen LogP contribution is 2.16. The van der Waals surface area contributed by atoms with Crippen molar-refractivity contribution in [2.24, 2.45) is 11.7 Å². The molecule has 0 unspecified atom stereocenters. The summed E-state index contributed by atoms with van der Waals surface area (Å²) in [6.45, 7) is 2.96. The standard InChI is InChI=1S/C14H18N2O5/c1-8(2)12(14(19)20)16-11(17)7-21-10-6-4-3-5-9(10)13(15)18/h3-6,8,12H,7H2,1-2H3,(H2,15,18)(H,16,17)(H,19,20)/t12-/m1/s1. The molecule has 0 aromatic heterocycles. The minimum atomic E-state index is -1.11. The molecule has 4 N–H and O–H groups in total. The van der Waals surface area contributed by atoms with E-state index in [0.29, 0.717) is 0 Å². The number of para-hydroxylation sites is 1. The number of rotatable bonds is 7. The van der Waals surface area contributed by atoms with Gasteiger partial charge in [-0.25, -0.2) is 4.79 Å². The molecule has 1 aromatic carbocycles. The number of amides is 2. The second kappa shape index (κ2) is 7.28. The lowest BCUT2D eigenvalue weighted by atomic mass is 10.1. The lowest BCUT2D eigenvalue weighted by molar-refractivity contribution is -0.143. The first-order chi connectivity index (χ1) is 9.82. The summed E-state index contributed by atoms with van der Waals surface area (Å²) in [5.74, 6) is -2.45. The van der Waals surface area contributed by atoms with Crippen LogP contribution in [0.25, 0.3) is 0 Å². The molecule has 0 heterocycles. The van der Waals surface area contributed by atoms with E-state index < -0.39 is 30.4 Å². The Balaban J connectivity index is 2.65. The topological polar surface area (TPSA) is 119 Å². The fourth-order valence-electron chi connectivity index (χ4n) is 1.67. The van der Waals surface area contributed by atoms with Crippen LogP contribution in [0.1, 0.15) is 24.2 Å². The maximum Gasteiger partial charge on any atom is 0.326 e. The van der Waals surface area contributed by atoms with Crippen LogP contribution in [-0.4, -0.2) is 35.5 Å². The average Bonchev–Trinajstić information content (AvgIpc) is 2.42. The van der Waals surface area contributed by atoms with Gasteiger partial charge in [-0.15, -0.1) is 0 Å². The first-order valence-electron chi connectivity index (χ1n) is 6.36. The molecule has 1 aromatic rings. The van der Waals surface area contributed by atoms with Crippen molar-refractivity contribution >= 4 is 17.8 Å². The van der Waals surface area contributed by atoms with Gasteiger partial charge in [0.2, 0.25) is 0 Å². The largest absolute Gasteiger partial charge is 0.483 e. The summed E-state index contributed by atoms with van der Waals surface area (Å²) in [5.41, 5.74) is 5.34. The molecule has 0 aliphatic carbocycles. The Kier molecular flexibility index (Phi) is 5.71. The van der Waals surface area contributed by atoms with Gasteiger partial charge in [-0.1, -0.05) is 26.0 Å². The van der Waals surface area contributed by atoms with Crippen LogP contribution >= 0.6 is 0 Å². The number of primary amides is 1. The molecule has 0 aliphatic rings. The predicted octanol–water partition coefficient (Wildman–Crippen LogP) is 0.390. The molecule has 0 aliphatic heterocycles. The summed E-state index contributed by atoms with van der Waals surface area (Å²) >= 11 is 0. The van der Waals surface area contributed by atoms with Crippen molar-refractivity contribution in [1.29, 1.82) is 0 Å². The molecule has 1 rings (SSSR count). The molecular weight excluding hydrogens is 276 g/mol. The number of benzene rings is 1. The van der Waals surface area contributed by atoms with Gasteiger partial charge in [-0.05, 0) is 18.1 Å².